The fourth-order valence-corrected chi connectivity index (χ4v) is 8.58. The van der Waals surface area contributed by atoms with E-state index in [1.807, 2.05) is 42.5 Å². The van der Waals surface area contributed by atoms with Crippen molar-refractivity contribution in [3.8, 4) is 39.9 Å². The second-order valence-electron chi connectivity index (χ2n) is 14.4. The molecule has 0 spiro atoms. The monoisotopic (exact) mass is 714 g/mol. The number of para-hydroxylation sites is 1. The van der Waals surface area contributed by atoms with Gasteiger partial charge in [0.05, 0.1) is 27.7 Å². The van der Waals surface area contributed by atoms with E-state index in [-0.39, 0.29) is 0 Å². The van der Waals surface area contributed by atoms with Crippen molar-refractivity contribution in [2.75, 3.05) is 0 Å². The van der Waals surface area contributed by atoms with Crippen LogP contribution in [-0.4, -0.2) is 19.5 Å². The van der Waals surface area contributed by atoms with Crippen LogP contribution in [0.2, 0.25) is 0 Å². The van der Waals surface area contributed by atoms with Gasteiger partial charge in [-0.15, -0.1) is 0 Å². The molecule has 9 aromatic carbocycles. The van der Waals surface area contributed by atoms with Crippen molar-refractivity contribution in [3.63, 3.8) is 0 Å². The molecule has 5 nitrogen and oxygen atoms in total. The van der Waals surface area contributed by atoms with Gasteiger partial charge in [0.25, 0.3) is 0 Å². The summed E-state index contributed by atoms with van der Waals surface area (Å²) in [6, 6.07) is 63.9. The van der Waals surface area contributed by atoms with Crippen LogP contribution in [0.15, 0.2) is 186 Å². The van der Waals surface area contributed by atoms with Gasteiger partial charge >= 0.3 is 0 Å². The SMILES string of the molecule is c1ccc(-c2nc(-c3ccc4ccccc4c3)nc(-c3ccc(-n4c5cc6ccccc6cc5c5c6ccccc6ccc54)c4c3oc3ccccc34)n2)cc1. The molecule has 0 bridgehead atoms. The Labute approximate surface area is 320 Å². The molecule has 0 atom stereocenters. The predicted molar refractivity (Wildman–Crippen MR) is 230 cm³/mol. The van der Waals surface area contributed by atoms with E-state index in [4.69, 9.17) is 19.4 Å². The van der Waals surface area contributed by atoms with Crippen molar-refractivity contribution >= 4 is 76.1 Å². The quantitative estimate of drug-likeness (QED) is 0.182. The summed E-state index contributed by atoms with van der Waals surface area (Å²) in [7, 11) is 0. The van der Waals surface area contributed by atoms with Crippen LogP contribution in [0.4, 0.5) is 0 Å². The third-order valence-corrected chi connectivity index (χ3v) is 11.2. The molecule has 0 saturated heterocycles. The number of rotatable bonds is 4. The Morgan fingerprint density at radius 2 is 1.00 bits per heavy atom. The van der Waals surface area contributed by atoms with Gasteiger partial charge in [0.2, 0.25) is 0 Å². The summed E-state index contributed by atoms with van der Waals surface area (Å²) in [4.78, 5) is 15.4. The highest BCUT2D eigenvalue weighted by Gasteiger charge is 2.24. The highest BCUT2D eigenvalue weighted by Crippen LogP contribution is 2.44. The first-order valence-electron chi connectivity index (χ1n) is 18.9. The number of hydrogen-bond donors (Lipinski definition) is 0. The smallest absolute Gasteiger partial charge is 0.167 e. The maximum absolute atomic E-state index is 6.88. The average Bonchev–Trinajstić information content (AvgIpc) is 3.81. The number of furan rings is 1. The highest BCUT2D eigenvalue weighted by molar-refractivity contribution is 6.24. The molecule has 0 saturated carbocycles. The van der Waals surface area contributed by atoms with Gasteiger partial charge in [-0.1, -0.05) is 140 Å². The Morgan fingerprint density at radius 3 is 1.82 bits per heavy atom. The first-order chi connectivity index (χ1) is 27.7. The molecule has 56 heavy (non-hydrogen) atoms. The van der Waals surface area contributed by atoms with E-state index in [1.165, 1.54) is 37.7 Å². The lowest BCUT2D eigenvalue weighted by Crippen LogP contribution is -2.01. The Kier molecular flexibility index (Phi) is 6.56. The molecule has 12 aromatic rings. The van der Waals surface area contributed by atoms with Crippen molar-refractivity contribution < 1.29 is 4.42 Å². The van der Waals surface area contributed by atoms with E-state index in [0.717, 1.165) is 60.7 Å². The van der Waals surface area contributed by atoms with Crippen molar-refractivity contribution in [3.05, 3.63) is 182 Å². The molecule has 0 aliphatic heterocycles. The Morgan fingerprint density at radius 1 is 0.375 bits per heavy atom. The normalized spacial score (nSPS) is 11.9. The second kappa shape index (κ2) is 11.9. The van der Waals surface area contributed by atoms with E-state index in [0.29, 0.717) is 17.5 Å². The van der Waals surface area contributed by atoms with E-state index >= 15 is 0 Å². The summed E-state index contributed by atoms with van der Waals surface area (Å²) in [5.41, 5.74) is 7.49. The molecule has 3 aromatic heterocycles. The van der Waals surface area contributed by atoms with Crippen molar-refractivity contribution in [2.45, 2.75) is 0 Å². The minimum absolute atomic E-state index is 0.553. The first kappa shape index (κ1) is 30.8. The van der Waals surface area contributed by atoms with Gasteiger partial charge in [0, 0.05) is 27.3 Å². The predicted octanol–water partition coefficient (Wildman–Crippen LogP) is 13.3. The zero-order chi connectivity index (χ0) is 36.7. The second-order valence-corrected chi connectivity index (χ2v) is 14.4. The van der Waals surface area contributed by atoms with Gasteiger partial charge < -0.3 is 8.98 Å². The number of fused-ring (bicyclic) bond motifs is 10. The summed E-state index contributed by atoms with van der Waals surface area (Å²) >= 11 is 0. The standard InChI is InChI=1S/C51H30N4O/c1-2-14-33(15-3-1)49-52-50(37-23-22-31-12-4-5-16-34(31)28-37)54-51(53-49)40-25-27-43(47-39-20-10-11-21-45(39)56-48(40)47)55-42-26-24-32-13-8-9-19-38(32)46(42)41-29-35-17-6-7-18-36(35)30-44(41)55/h1-30H. The molecule has 0 aliphatic carbocycles. The van der Waals surface area contributed by atoms with Crippen LogP contribution in [0.25, 0.3) is 116 Å². The van der Waals surface area contributed by atoms with Crippen LogP contribution in [0.1, 0.15) is 0 Å². The minimum atomic E-state index is 0.553. The zero-order valence-corrected chi connectivity index (χ0v) is 30.0. The Balaban J connectivity index is 1.17. The van der Waals surface area contributed by atoms with Crippen molar-refractivity contribution in [1.82, 2.24) is 19.5 Å². The highest BCUT2D eigenvalue weighted by atomic mass is 16.3. The molecule has 0 unspecified atom stereocenters. The number of benzene rings is 9. The summed E-state index contributed by atoms with van der Waals surface area (Å²) in [6.07, 6.45) is 0. The molecule has 0 amide bonds. The third-order valence-electron chi connectivity index (χ3n) is 11.2. The van der Waals surface area contributed by atoms with E-state index in [2.05, 4.69) is 144 Å². The van der Waals surface area contributed by atoms with Crippen LogP contribution in [-0.2, 0) is 0 Å². The lowest BCUT2D eigenvalue weighted by molar-refractivity contribution is 0.669. The van der Waals surface area contributed by atoms with Crippen LogP contribution in [0.3, 0.4) is 0 Å². The van der Waals surface area contributed by atoms with Crippen LogP contribution < -0.4 is 0 Å². The molecule has 0 radical (unpaired) electrons. The van der Waals surface area contributed by atoms with Crippen molar-refractivity contribution in [1.29, 1.82) is 0 Å². The fraction of sp³-hybridized carbons (Fsp3) is 0. The van der Waals surface area contributed by atoms with Gasteiger partial charge in [0.1, 0.15) is 11.2 Å². The maximum Gasteiger partial charge on any atom is 0.167 e. The molecular formula is C51H30N4O. The van der Waals surface area contributed by atoms with Gasteiger partial charge in [-0.2, -0.15) is 0 Å². The molecule has 0 aliphatic rings. The topological polar surface area (TPSA) is 56.7 Å². The van der Waals surface area contributed by atoms with Gasteiger partial charge in [0.15, 0.2) is 17.5 Å². The van der Waals surface area contributed by atoms with Gasteiger partial charge in [-0.25, -0.2) is 15.0 Å². The van der Waals surface area contributed by atoms with E-state index in [1.54, 1.807) is 0 Å². The molecule has 0 N–H and O–H groups in total. The number of hydrogen-bond acceptors (Lipinski definition) is 4. The van der Waals surface area contributed by atoms with Crippen LogP contribution in [0.5, 0.6) is 0 Å². The summed E-state index contributed by atoms with van der Waals surface area (Å²) in [5.74, 6) is 1.76. The Bertz CT molecular complexity index is 3540. The third kappa shape index (κ3) is 4.64. The fourth-order valence-electron chi connectivity index (χ4n) is 8.58. The number of nitrogens with zero attached hydrogens (tertiary/aromatic N) is 4. The molecule has 260 valence electrons. The lowest BCUT2D eigenvalue weighted by Gasteiger charge is -2.13. The first-order valence-corrected chi connectivity index (χ1v) is 18.9. The lowest BCUT2D eigenvalue weighted by atomic mass is 10.0. The van der Waals surface area contributed by atoms with Crippen molar-refractivity contribution in [2.24, 2.45) is 0 Å². The molecule has 0 fully saturated rings. The summed E-state index contributed by atoms with van der Waals surface area (Å²) in [6.45, 7) is 0. The average molecular weight is 715 g/mol. The minimum Gasteiger partial charge on any atom is -0.455 e. The summed E-state index contributed by atoms with van der Waals surface area (Å²) in [5, 5.41) is 11.6. The molecule has 3 heterocycles. The Hall–Kier alpha value is -7.63. The largest absolute Gasteiger partial charge is 0.455 e. The van der Waals surface area contributed by atoms with Crippen LogP contribution >= 0.6 is 0 Å². The van der Waals surface area contributed by atoms with E-state index in [9.17, 15) is 0 Å². The zero-order valence-electron chi connectivity index (χ0n) is 30.0. The van der Waals surface area contributed by atoms with E-state index < -0.39 is 0 Å². The maximum atomic E-state index is 6.88. The number of aromatic nitrogens is 4. The van der Waals surface area contributed by atoms with Gasteiger partial charge in [-0.05, 0) is 74.8 Å². The van der Waals surface area contributed by atoms with Gasteiger partial charge in [-0.3, -0.25) is 0 Å². The molecular weight excluding hydrogens is 685 g/mol. The van der Waals surface area contributed by atoms with Crippen LogP contribution in [0, 0.1) is 0 Å². The summed E-state index contributed by atoms with van der Waals surface area (Å²) < 4.78 is 9.29. The molecule has 12 rings (SSSR count). The molecule has 5 heteroatoms.